The molecule has 0 spiro atoms. The van der Waals surface area contributed by atoms with Crippen molar-refractivity contribution in [2.75, 3.05) is 18.7 Å². The third-order valence-corrected chi connectivity index (χ3v) is 2.24. The van der Waals surface area contributed by atoms with E-state index in [1.165, 1.54) is 0 Å². The van der Waals surface area contributed by atoms with Gasteiger partial charge in [-0.1, -0.05) is 15.9 Å². The average molecular weight is 214 g/mol. The predicted octanol–water partition coefficient (Wildman–Crippen LogP) is 2.24. The topological polar surface area (TPSA) is 12.5 Å². The minimum absolute atomic E-state index is 0.659. The zero-order chi connectivity index (χ0) is 7.84. The van der Waals surface area contributed by atoms with Crippen molar-refractivity contribution in [3.63, 3.8) is 0 Å². The van der Waals surface area contributed by atoms with E-state index in [0.717, 1.165) is 15.9 Å². The van der Waals surface area contributed by atoms with E-state index in [4.69, 9.17) is 4.74 Å². The fourth-order valence-electron chi connectivity index (χ4n) is 1.15. The second-order valence-corrected chi connectivity index (χ2v) is 3.50. The van der Waals surface area contributed by atoms with Gasteiger partial charge in [0.05, 0.1) is 5.69 Å². The summed E-state index contributed by atoms with van der Waals surface area (Å²) in [5.74, 6) is 0.968. The SMILES string of the molecule is CN1COc2ccc(Br)cc21. The van der Waals surface area contributed by atoms with Crippen LogP contribution >= 0.6 is 15.9 Å². The van der Waals surface area contributed by atoms with E-state index in [9.17, 15) is 0 Å². The first-order valence-electron chi connectivity index (χ1n) is 3.41. The van der Waals surface area contributed by atoms with Gasteiger partial charge in [0.25, 0.3) is 0 Å². The van der Waals surface area contributed by atoms with Crippen molar-refractivity contribution in [1.82, 2.24) is 0 Å². The second-order valence-electron chi connectivity index (χ2n) is 2.58. The molecule has 0 N–H and O–H groups in total. The van der Waals surface area contributed by atoms with Crippen LogP contribution in [0.3, 0.4) is 0 Å². The number of anilines is 1. The van der Waals surface area contributed by atoms with Gasteiger partial charge in [0.1, 0.15) is 5.75 Å². The van der Waals surface area contributed by atoms with Gasteiger partial charge in [-0.3, -0.25) is 0 Å². The molecule has 1 aromatic carbocycles. The molecular weight excluding hydrogens is 206 g/mol. The molecule has 0 saturated carbocycles. The highest BCUT2D eigenvalue weighted by molar-refractivity contribution is 9.10. The maximum Gasteiger partial charge on any atom is 0.161 e. The van der Waals surface area contributed by atoms with Crippen LogP contribution in [0, 0.1) is 0 Å². The average Bonchev–Trinajstić information content (AvgIpc) is 2.33. The van der Waals surface area contributed by atoms with Crippen LogP contribution < -0.4 is 9.64 Å². The van der Waals surface area contributed by atoms with Crippen molar-refractivity contribution in [2.45, 2.75) is 0 Å². The number of hydrogen-bond donors (Lipinski definition) is 0. The first kappa shape index (κ1) is 6.98. The van der Waals surface area contributed by atoms with Crippen LogP contribution in [0.1, 0.15) is 0 Å². The Kier molecular flexibility index (Phi) is 1.53. The van der Waals surface area contributed by atoms with E-state index >= 15 is 0 Å². The summed E-state index contributed by atoms with van der Waals surface area (Å²) in [6.45, 7) is 0.659. The maximum atomic E-state index is 5.37. The molecule has 1 heterocycles. The highest BCUT2D eigenvalue weighted by atomic mass is 79.9. The molecule has 0 aromatic heterocycles. The lowest BCUT2D eigenvalue weighted by Gasteiger charge is -2.06. The van der Waals surface area contributed by atoms with Crippen molar-refractivity contribution in [3.05, 3.63) is 22.7 Å². The van der Waals surface area contributed by atoms with Gasteiger partial charge in [-0.2, -0.15) is 0 Å². The number of hydrogen-bond acceptors (Lipinski definition) is 2. The lowest BCUT2D eigenvalue weighted by Crippen LogP contribution is -2.14. The van der Waals surface area contributed by atoms with Crippen LogP contribution in [0.4, 0.5) is 5.69 Å². The lowest BCUT2D eigenvalue weighted by molar-refractivity contribution is 0.353. The predicted molar refractivity (Wildman–Crippen MR) is 48.0 cm³/mol. The third kappa shape index (κ3) is 1.09. The Bertz CT molecular complexity index is 287. The summed E-state index contributed by atoms with van der Waals surface area (Å²) >= 11 is 3.41. The highest BCUT2D eigenvalue weighted by Crippen LogP contribution is 2.34. The monoisotopic (exact) mass is 213 g/mol. The van der Waals surface area contributed by atoms with E-state index in [-0.39, 0.29) is 0 Å². The molecule has 0 bridgehead atoms. The summed E-state index contributed by atoms with van der Waals surface area (Å²) in [4.78, 5) is 2.07. The molecule has 0 saturated heterocycles. The second kappa shape index (κ2) is 2.41. The largest absolute Gasteiger partial charge is 0.471 e. The van der Waals surface area contributed by atoms with Gasteiger partial charge in [-0.15, -0.1) is 0 Å². The molecule has 0 amide bonds. The van der Waals surface area contributed by atoms with Gasteiger partial charge >= 0.3 is 0 Å². The van der Waals surface area contributed by atoms with Crippen molar-refractivity contribution >= 4 is 21.6 Å². The molecule has 0 aliphatic carbocycles. The highest BCUT2D eigenvalue weighted by Gasteiger charge is 2.15. The first-order valence-corrected chi connectivity index (χ1v) is 4.20. The molecule has 0 radical (unpaired) electrons. The molecular formula is C8H8BrNO. The number of benzene rings is 1. The minimum Gasteiger partial charge on any atom is -0.471 e. The van der Waals surface area contributed by atoms with Gasteiger partial charge < -0.3 is 9.64 Å². The molecule has 0 atom stereocenters. The summed E-state index contributed by atoms with van der Waals surface area (Å²) in [7, 11) is 2.01. The quantitative estimate of drug-likeness (QED) is 0.656. The Morgan fingerprint density at radius 1 is 1.55 bits per heavy atom. The van der Waals surface area contributed by atoms with Crippen LogP contribution in [0.25, 0.3) is 0 Å². The molecule has 58 valence electrons. The standard InChI is InChI=1S/C8H8BrNO/c1-10-5-11-8-3-2-6(9)4-7(8)10/h2-4H,5H2,1H3. The molecule has 1 aliphatic heterocycles. The van der Waals surface area contributed by atoms with E-state index in [1.807, 2.05) is 19.2 Å². The molecule has 1 aliphatic rings. The van der Waals surface area contributed by atoms with Gasteiger partial charge in [0.2, 0.25) is 0 Å². The third-order valence-electron chi connectivity index (χ3n) is 1.75. The fourth-order valence-corrected chi connectivity index (χ4v) is 1.50. The van der Waals surface area contributed by atoms with Crippen LogP contribution in [0.15, 0.2) is 22.7 Å². The summed E-state index contributed by atoms with van der Waals surface area (Å²) in [5, 5.41) is 0. The number of rotatable bonds is 0. The Morgan fingerprint density at radius 3 is 3.18 bits per heavy atom. The van der Waals surface area contributed by atoms with Crippen molar-refractivity contribution in [2.24, 2.45) is 0 Å². The van der Waals surface area contributed by atoms with Crippen molar-refractivity contribution in [1.29, 1.82) is 0 Å². The number of fused-ring (bicyclic) bond motifs is 1. The van der Waals surface area contributed by atoms with E-state index in [1.54, 1.807) is 0 Å². The number of halogens is 1. The Hall–Kier alpha value is -0.700. The van der Waals surface area contributed by atoms with E-state index in [2.05, 4.69) is 26.9 Å². The van der Waals surface area contributed by atoms with Gasteiger partial charge in [-0.25, -0.2) is 0 Å². The summed E-state index contributed by atoms with van der Waals surface area (Å²) in [5.41, 5.74) is 1.15. The Balaban J connectivity index is 2.52. The molecule has 3 heteroatoms. The molecule has 2 nitrogen and oxygen atoms in total. The molecule has 2 rings (SSSR count). The van der Waals surface area contributed by atoms with Gasteiger partial charge in [0.15, 0.2) is 6.73 Å². The first-order chi connectivity index (χ1) is 5.27. The van der Waals surface area contributed by atoms with E-state index in [0.29, 0.717) is 6.73 Å². The number of nitrogens with zero attached hydrogens (tertiary/aromatic N) is 1. The van der Waals surface area contributed by atoms with Gasteiger partial charge in [-0.05, 0) is 18.2 Å². The molecule has 0 fully saturated rings. The normalized spacial score (nSPS) is 14.5. The van der Waals surface area contributed by atoms with Crippen LogP contribution in [-0.4, -0.2) is 13.8 Å². The Labute approximate surface area is 73.9 Å². The van der Waals surface area contributed by atoms with E-state index < -0.39 is 0 Å². The zero-order valence-electron chi connectivity index (χ0n) is 6.17. The summed E-state index contributed by atoms with van der Waals surface area (Å²) in [6, 6.07) is 6.02. The van der Waals surface area contributed by atoms with Gasteiger partial charge in [0, 0.05) is 11.5 Å². The van der Waals surface area contributed by atoms with Crippen molar-refractivity contribution in [3.8, 4) is 5.75 Å². The molecule has 0 unspecified atom stereocenters. The fraction of sp³-hybridized carbons (Fsp3) is 0.250. The number of ether oxygens (including phenoxy) is 1. The van der Waals surface area contributed by atoms with Crippen molar-refractivity contribution < 1.29 is 4.74 Å². The molecule has 1 aromatic rings. The lowest BCUT2D eigenvalue weighted by atomic mass is 10.3. The summed E-state index contributed by atoms with van der Waals surface area (Å²) < 4.78 is 6.46. The minimum atomic E-state index is 0.659. The zero-order valence-corrected chi connectivity index (χ0v) is 7.76. The van der Waals surface area contributed by atoms with Crippen LogP contribution in [0.2, 0.25) is 0 Å². The molecule has 11 heavy (non-hydrogen) atoms. The van der Waals surface area contributed by atoms with Crippen LogP contribution in [-0.2, 0) is 0 Å². The smallest absolute Gasteiger partial charge is 0.161 e. The van der Waals surface area contributed by atoms with Crippen LogP contribution in [0.5, 0.6) is 5.75 Å². The maximum absolute atomic E-state index is 5.37. The summed E-state index contributed by atoms with van der Waals surface area (Å²) in [6.07, 6.45) is 0. The Morgan fingerprint density at radius 2 is 2.36 bits per heavy atom.